The Kier molecular flexibility index (Phi) is 2.44. The Labute approximate surface area is 126 Å². The number of aliphatic hydroxyl groups is 1. The van der Waals surface area contributed by atoms with E-state index in [0.29, 0.717) is 5.57 Å². The zero-order chi connectivity index (χ0) is 15.9. The van der Waals surface area contributed by atoms with Crippen LogP contribution in [0.2, 0.25) is 0 Å². The van der Waals surface area contributed by atoms with Gasteiger partial charge in [-0.1, -0.05) is 6.92 Å². The van der Waals surface area contributed by atoms with Crippen molar-refractivity contribution >= 4 is 17.7 Å². The molecule has 0 unspecified atom stereocenters. The second kappa shape index (κ2) is 3.90. The second-order valence-electron chi connectivity index (χ2n) is 6.70. The summed E-state index contributed by atoms with van der Waals surface area (Å²) in [6.07, 6.45) is -1.42. The lowest BCUT2D eigenvalue weighted by atomic mass is 9.67. The Morgan fingerprint density at radius 1 is 1.18 bits per heavy atom. The predicted octanol–water partition coefficient (Wildman–Crippen LogP) is -0.142. The second-order valence-corrected chi connectivity index (χ2v) is 6.70. The van der Waals surface area contributed by atoms with Gasteiger partial charge >= 0.3 is 11.9 Å². The largest absolute Gasteiger partial charge is 0.482 e. The van der Waals surface area contributed by atoms with E-state index >= 15 is 0 Å². The Hall–Kier alpha value is -1.89. The fourth-order valence-electron chi connectivity index (χ4n) is 3.94. The van der Waals surface area contributed by atoms with Crippen molar-refractivity contribution in [1.82, 2.24) is 0 Å². The molecule has 3 bridgehead atoms. The van der Waals surface area contributed by atoms with Gasteiger partial charge in [-0.3, -0.25) is 4.79 Å². The molecule has 5 atom stereocenters. The molecule has 4 aliphatic rings. The maximum atomic E-state index is 12.7. The van der Waals surface area contributed by atoms with Crippen LogP contribution in [0.25, 0.3) is 0 Å². The number of Topliss-reactive ketones (excluding diaryl/α,β-unsaturated/α-hetero) is 1. The van der Waals surface area contributed by atoms with Crippen molar-refractivity contribution in [2.45, 2.75) is 44.5 Å². The first-order valence-electron chi connectivity index (χ1n) is 7.32. The van der Waals surface area contributed by atoms with E-state index in [2.05, 4.69) is 0 Å². The summed E-state index contributed by atoms with van der Waals surface area (Å²) in [5.41, 5.74) is -2.89. The van der Waals surface area contributed by atoms with E-state index in [4.69, 9.17) is 14.2 Å². The number of carbonyl (C=O) groups is 3. The Morgan fingerprint density at radius 3 is 2.64 bits per heavy atom. The molecule has 0 amide bonds. The SMILES string of the molecule is C[C@@H]1C2=C3O[C@@H]1CC(=O)[C@]1(C)COC(=O)[C@]1(O)[C@@H](C2)OC3=O. The van der Waals surface area contributed by atoms with Crippen molar-refractivity contribution in [3.8, 4) is 0 Å². The lowest BCUT2D eigenvalue weighted by molar-refractivity contribution is -0.192. The fraction of sp³-hybridized carbons (Fsp3) is 0.667. The van der Waals surface area contributed by atoms with Crippen molar-refractivity contribution < 1.29 is 33.7 Å². The predicted molar refractivity (Wildman–Crippen MR) is 69.2 cm³/mol. The van der Waals surface area contributed by atoms with Gasteiger partial charge in [0.05, 0.1) is 0 Å². The van der Waals surface area contributed by atoms with Crippen molar-refractivity contribution in [3.05, 3.63) is 11.3 Å². The molecule has 0 aromatic heterocycles. The molecule has 2 fully saturated rings. The highest BCUT2D eigenvalue weighted by Crippen LogP contribution is 2.51. The van der Waals surface area contributed by atoms with Crippen LogP contribution < -0.4 is 0 Å². The van der Waals surface area contributed by atoms with E-state index in [0.717, 1.165) is 0 Å². The van der Waals surface area contributed by atoms with Gasteiger partial charge in [0, 0.05) is 18.8 Å². The average molecular weight is 308 g/mol. The molecule has 22 heavy (non-hydrogen) atoms. The smallest absolute Gasteiger partial charge is 0.373 e. The summed E-state index contributed by atoms with van der Waals surface area (Å²) in [6.45, 7) is 3.14. The molecule has 0 radical (unpaired) electrons. The molecular weight excluding hydrogens is 292 g/mol. The lowest BCUT2D eigenvalue weighted by Crippen LogP contribution is -2.62. The fourth-order valence-corrected chi connectivity index (χ4v) is 3.94. The molecule has 118 valence electrons. The molecule has 1 saturated heterocycles. The first-order valence-corrected chi connectivity index (χ1v) is 7.32. The third-order valence-corrected chi connectivity index (χ3v) is 5.62. The van der Waals surface area contributed by atoms with Crippen molar-refractivity contribution in [2.24, 2.45) is 11.3 Å². The van der Waals surface area contributed by atoms with Gasteiger partial charge in [-0.2, -0.15) is 0 Å². The van der Waals surface area contributed by atoms with Gasteiger partial charge < -0.3 is 19.3 Å². The monoisotopic (exact) mass is 308 g/mol. The number of hydrogen-bond donors (Lipinski definition) is 1. The first-order chi connectivity index (χ1) is 10.3. The number of fused-ring (bicyclic) bond motifs is 4. The summed E-state index contributed by atoms with van der Waals surface area (Å²) >= 11 is 0. The van der Waals surface area contributed by atoms with E-state index in [9.17, 15) is 19.5 Å². The molecule has 4 rings (SSSR count). The number of cyclic esters (lactones) is 1. The highest BCUT2D eigenvalue weighted by atomic mass is 16.6. The van der Waals surface area contributed by atoms with Gasteiger partial charge in [0.15, 0.2) is 0 Å². The Morgan fingerprint density at radius 2 is 1.91 bits per heavy atom. The summed E-state index contributed by atoms with van der Waals surface area (Å²) in [5.74, 6) is -1.92. The number of esters is 2. The van der Waals surface area contributed by atoms with Gasteiger partial charge in [0.1, 0.15) is 30.0 Å². The van der Waals surface area contributed by atoms with Crippen LogP contribution in [0.5, 0.6) is 0 Å². The highest BCUT2D eigenvalue weighted by molar-refractivity contribution is 5.99. The van der Waals surface area contributed by atoms with Gasteiger partial charge in [-0.15, -0.1) is 0 Å². The number of ether oxygens (including phenoxy) is 3. The quantitative estimate of drug-likeness (QED) is 0.622. The topological polar surface area (TPSA) is 99.1 Å². The van der Waals surface area contributed by atoms with Crippen LogP contribution >= 0.6 is 0 Å². The highest BCUT2D eigenvalue weighted by Gasteiger charge is 2.70. The number of rotatable bonds is 0. The van der Waals surface area contributed by atoms with Crippen LogP contribution in [0.15, 0.2) is 11.3 Å². The standard InChI is InChI=1S/C15H16O7/c1-6-7-3-10-15(19)13(18)20-5-14(15,2)9(16)4-8(6)21-11(7)12(17)22-10/h6,8,10,19H,3-5H2,1-2H3/t6-,8-,10-,14+,15-/m1/s1. The molecule has 0 spiro atoms. The molecule has 1 saturated carbocycles. The van der Waals surface area contributed by atoms with Gasteiger partial charge in [-0.05, 0) is 12.5 Å². The van der Waals surface area contributed by atoms with E-state index in [1.54, 1.807) is 0 Å². The zero-order valence-electron chi connectivity index (χ0n) is 12.3. The maximum Gasteiger partial charge on any atom is 0.373 e. The van der Waals surface area contributed by atoms with E-state index in [1.165, 1.54) is 6.92 Å². The van der Waals surface area contributed by atoms with Gasteiger partial charge in [-0.25, -0.2) is 9.59 Å². The van der Waals surface area contributed by atoms with Crippen LogP contribution in [-0.4, -0.2) is 47.2 Å². The van der Waals surface area contributed by atoms with Crippen molar-refractivity contribution in [1.29, 1.82) is 0 Å². The first kappa shape index (κ1) is 13.8. The molecule has 7 heteroatoms. The Balaban J connectivity index is 1.92. The summed E-state index contributed by atoms with van der Waals surface area (Å²) in [4.78, 5) is 37.1. The third-order valence-electron chi connectivity index (χ3n) is 5.62. The van der Waals surface area contributed by atoms with Crippen molar-refractivity contribution in [2.75, 3.05) is 6.61 Å². The molecule has 3 heterocycles. The van der Waals surface area contributed by atoms with Crippen molar-refractivity contribution in [3.63, 3.8) is 0 Å². The molecule has 3 aliphatic heterocycles. The normalized spacial score (nSPS) is 46.5. The zero-order valence-corrected chi connectivity index (χ0v) is 12.3. The van der Waals surface area contributed by atoms with E-state index in [-0.39, 0.29) is 36.9 Å². The van der Waals surface area contributed by atoms with Crippen LogP contribution in [0.4, 0.5) is 0 Å². The van der Waals surface area contributed by atoms with Crippen LogP contribution in [0.3, 0.4) is 0 Å². The molecular formula is C15H16O7. The van der Waals surface area contributed by atoms with Crippen LogP contribution in [0.1, 0.15) is 26.7 Å². The number of carbonyl (C=O) groups excluding carboxylic acids is 3. The maximum absolute atomic E-state index is 12.7. The number of ketones is 1. The van der Waals surface area contributed by atoms with Crippen LogP contribution in [0, 0.1) is 11.3 Å². The summed E-state index contributed by atoms with van der Waals surface area (Å²) in [7, 11) is 0. The van der Waals surface area contributed by atoms with E-state index < -0.39 is 35.2 Å². The van der Waals surface area contributed by atoms with E-state index in [1.807, 2.05) is 6.92 Å². The molecule has 1 N–H and O–H groups in total. The minimum atomic E-state index is -2.15. The molecule has 7 nitrogen and oxygen atoms in total. The summed E-state index contributed by atoms with van der Waals surface area (Å²) in [6, 6.07) is 0. The summed E-state index contributed by atoms with van der Waals surface area (Å²) < 4.78 is 15.8. The molecule has 0 aromatic carbocycles. The molecule has 0 aromatic rings. The third kappa shape index (κ3) is 1.33. The number of hydrogen-bond acceptors (Lipinski definition) is 7. The summed E-state index contributed by atoms with van der Waals surface area (Å²) in [5, 5.41) is 11.0. The van der Waals surface area contributed by atoms with Crippen LogP contribution in [-0.2, 0) is 28.6 Å². The van der Waals surface area contributed by atoms with Gasteiger partial charge in [0.25, 0.3) is 0 Å². The average Bonchev–Trinajstić information content (AvgIpc) is 2.92. The molecule has 1 aliphatic carbocycles. The Bertz CT molecular complexity index is 650. The minimum Gasteiger partial charge on any atom is -0.482 e. The lowest BCUT2D eigenvalue weighted by Gasteiger charge is -2.40. The minimum absolute atomic E-state index is 0.0175. The van der Waals surface area contributed by atoms with Gasteiger partial charge in [0.2, 0.25) is 11.4 Å².